The second kappa shape index (κ2) is 4.15. The molecule has 2 unspecified atom stereocenters. The van der Waals surface area contributed by atoms with Crippen molar-refractivity contribution in [2.24, 2.45) is 11.7 Å². The van der Waals surface area contributed by atoms with Gasteiger partial charge < -0.3 is 5.73 Å². The second-order valence-corrected chi connectivity index (χ2v) is 4.43. The van der Waals surface area contributed by atoms with Crippen molar-refractivity contribution in [2.45, 2.75) is 32.2 Å². The number of hydrogen-bond acceptors (Lipinski definition) is 2. The number of benzene rings is 1. The van der Waals surface area contributed by atoms with Crippen LogP contribution in [0.15, 0.2) is 24.3 Å². The predicted octanol–water partition coefficient (Wildman–Crippen LogP) is 2.31. The van der Waals surface area contributed by atoms with Crippen LogP contribution in [-0.2, 0) is 0 Å². The lowest BCUT2D eigenvalue weighted by Crippen LogP contribution is -2.30. The molecule has 0 bridgehead atoms. The smallest absolute Gasteiger partial charge is 0.167 e. The van der Waals surface area contributed by atoms with E-state index >= 15 is 0 Å². The topological polar surface area (TPSA) is 43.1 Å². The zero-order chi connectivity index (χ0) is 10.8. The third-order valence-electron chi connectivity index (χ3n) is 3.24. The minimum atomic E-state index is 0.0488. The molecule has 0 aromatic heterocycles. The first-order chi connectivity index (χ1) is 7.18. The van der Waals surface area contributed by atoms with Gasteiger partial charge in [-0.3, -0.25) is 4.79 Å². The molecule has 0 spiro atoms. The van der Waals surface area contributed by atoms with Crippen LogP contribution in [0.2, 0.25) is 0 Å². The van der Waals surface area contributed by atoms with Gasteiger partial charge in [0, 0.05) is 17.5 Å². The lowest BCUT2D eigenvalue weighted by atomic mass is 9.93. The molecular weight excluding hydrogens is 186 g/mol. The number of carbonyl (C=O) groups is 1. The van der Waals surface area contributed by atoms with Crippen molar-refractivity contribution >= 4 is 5.78 Å². The molecule has 2 nitrogen and oxygen atoms in total. The Morgan fingerprint density at radius 3 is 2.47 bits per heavy atom. The number of hydrogen-bond donors (Lipinski definition) is 1. The summed E-state index contributed by atoms with van der Waals surface area (Å²) in [6.45, 7) is 2.02. The zero-order valence-electron chi connectivity index (χ0n) is 9.07. The first kappa shape index (κ1) is 10.4. The van der Waals surface area contributed by atoms with Crippen molar-refractivity contribution < 1.29 is 4.79 Å². The molecule has 15 heavy (non-hydrogen) atoms. The summed E-state index contributed by atoms with van der Waals surface area (Å²) in [5.74, 6) is 0.271. The van der Waals surface area contributed by atoms with Gasteiger partial charge in [-0.2, -0.15) is 0 Å². The summed E-state index contributed by atoms with van der Waals surface area (Å²) < 4.78 is 0. The van der Waals surface area contributed by atoms with Crippen LogP contribution in [0, 0.1) is 12.8 Å². The fraction of sp³-hybridized carbons (Fsp3) is 0.462. The Bertz CT molecular complexity index is 355. The molecule has 2 heteroatoms. The fourth-order valence-corrected chi connectivity index (χ4v) is 2.25. The van der Waals surface area contributed by atoms with Crippen LogP contribution in [0.4, 0.5) is 0 Å². The molecule has 1 aromatic carbocycles. The molecule has 0 saturated heterocycles. The van der Waals surface area contributed by atoms with Gasteiger partial charge in [0.25, 0.3) is 0 Å². The molecule has 0 radical (unpaired) electrons. The third-order valence-corrected chi connectivity index (χ3v) is 3.24. The Labute approximate surface area is 90.5 Å². The maximum absolute atomic E-state index is 12.1. The van der Waals surface area contributed by atoms with Gasteiger partial charge in [-0.25, -0.2) is 0 Å². The fourth-order valence-electron chi connectivity index (χ4n) is 2.25. The van der Waals surface area contributed by atoms with E-state index in [1.165, 1.54) is 5.56 Å². The van der Waals surface area contributed by atoms with E-state index in [0.29, 0.717) is 0 Å². The lowest BCUT2D eigenvalue weighted by molar-refractivity contribution is 0.0913. The van der Waals surface area contributed by atoms with E-state index in [9.17, 15) is 4.79 Å². The van der Waals surface area contributed by atoms with E-state index in [0.717, 1.165) is 24.8 Å². The van der Waals surface area contributed by atoms with Gasteiger partial charge in [0.05, 0.1) is 0 Å². The first-order valence-electron chi connectivity index (χ1n) is 5.55. The lowest BCUT2D eigenvalue weighted by Gasteiger charge is -2.13. The molecule has 0 amide bonds. The van der Waals surface area contributed by atoms with Gasteiger partial charge >= 0.3 is 0 Å². The molecule has 2 atom stereocenters. The standard InChI is InChI=1S/C13H17NO/c1-9-5-7-10(8-6-9)13(15)11-3-2-4-12(11)14/h5-8,11-12H,2-4,14H2,1H3. The van der Waals surface area contributed by atoms with E-state index in [2.05, 4.69) is 0 Å². The zero-order valence-corrected chi connectivity index (χ0v) is 9.07. The van der Waals surface area contributed by atoms with Gasteiger partial charge in [0.1, 0.15) is 0 Å². The van der Waals surface area contributed by atoms with E-state index in [1.54, 1.807) is 0 Å². The number of aryl methyl sites for hydroxylation is 1. The number of ketones is 1. The van der Waals surface area contributed by atoms with Crippen LogP contribution in [0.5, 0.6) is 0 Å². The molecule has 0 aliphatic heterocycles. The molecule has 1 saturated carbocycles. The molecule has 2 N–H and O–H groups in total. The SMILES string of the molecule is Cc1ccc(C(=O)C2CCCC2N)cc1. The van der Waals surface area contributed by atoms with Crippen molar-refractivity contribution in [3.05, 3.63) is 35.4 Å². The molecule has 1 aliphatic rings. The highest BCUT2D eigenvalue weighted by Crippen LogP contribution is 2.27. The van der Waals surface area contributed by atoms with E-state index in [-0.39, 0.29) is 17.7 Å². The Hall–Kier alpha value is -1.15. The normalized spacial score (nSPS) is 25.5. The molecular formula is C13H17NO. The van der Waals surface area contributed by atoms with Crippen molar-refractivity contribution in [1.82, 2.24) is 0 Å². The summed E-state index contributed by atoms with van der Waals surface area (Å²) in [6.07, 6.45) is 3.03. The molecule has 1 aromatic rings. The molecule has 80 valence electrons. The quantitative estimate of drug-likeness (QED) is 0.749. The number of carbonyl (C=O) groups excluding carboxylic acids is 1. The summed E-state index contributed by atoms with van der Waals surface area (Å²) in [7, 11) is 0. The van der Waals surface area contributed by atoms with E-state index in [1.807, 2.05) is 31.2 Å². The summed E-state index contributed by atoms with van der Waals surface area (Å²) in [6, 6.07) is 7.84. The van der Waals surface area contributed by atoms with Gasteiger partial charge in [-0.15, -0.1) is 0 Å². The highest BCUT2D eigenvalue weighted by atomic mass is 16.1. The van der Waals surface area contributed by atoms with Crippen LogP contribution in [0.25, 0.3) is 0 Å². The summed E-state index contributed by atoms with van der Waals surface area (Å²) in [4.78, 5) is 12.1. The van der Waals surface area contributed by atoms with Gasteiger partial charge in [0.15, 0.2) is 5.78 Å². The maximum atomic E-state index is 12.1. The minimum absolute atomic E-state index is 0.0488. The van der Waals surface area contributed by atoms with Crippen molar-refractivity contribution in [3.63, 3.8) is 0 Å². The number of rotatable bonds is 2. The summed E-state index contributed by atoms with van der Waals surface area (Å²) in [5, 5.41) is 0. The average Bonchev–Trinajstić information content (AvgIpc) is 2.65. The predicted molar refractivity (Wildman–Crippen MR) is 60.8 cm³/mol. The highest BCUT2D eigenvalue weighted by molar-refractivity contribution is 5.98. The molecule has 2 rings (SSSR count). The Balaban J connectivity index is 2.17. The third kappa shape index (κ3) is 2.10. The van der Waals surface area contributed by atoms with E-state index < -0.39 is 0 Å². The van der Waals surface area contributed by atoms with Crippen LogP contribution < -0.4 is 5.73 Å². The highest BCUT2D eigenvalue weighted by Gasteiger charge is 2.30. The summed E-state index contributed by atoms with van der Waals surface area (Å²) >= 11 is 0. The molecule has 1 aliphatic carbocycles. The first-order valence-corrected chi connectivity index (χ1v) is 5.55. The monoisotopic (exact) mass is 203 g/mol. The van der Waals surface area contributed by atoms with Crippen molar-refractivity contribution in [3.8, 4) is 0 Å². The maximum Gasteiger partial charge on any atom is 0.167 e. The summed E-state index contributed by atoms with van der Waals surface area (Å²) in [5.41, 5.74) is 7.92. The number of Topliss-reactive ketones (excluding diaryl/α,β-unsaturated/α-hetero) is 1. The van der Waals surface area contributed by atoms with Crippen LogP contribution in [0.3, 0.4) is 0 Å². The average molecular weight is 203 g/mol. The van der Waals surface area contributed by atoms with Crippen LogP contribution in [-0.4, -0.2) is 11.8 Å². The van der Waals surface area contributed by atoms with Crippen LogP contribution in [0.1, 0.15) is 35.2 Å². The van der Waals surface area contributed by atoms with Gasteiger partial charge in [0.2, 0.25) is 0 Å². The van der Waals surface area contributed by atoms with E-state index in [4.69, 9.17) is 5.73 Å². The van der Waals surface area contributed by atoms with Crippen molar-refractivity contribution in [2.75, 3.05) is 0 Å². The number of nitrogens with two attached hydrogens (primary N) is 1. The molecule has 0 heterocycles. The van der Waals surface area contributed by atoms with Gasteiger partial charge in [-0.05, 0) is 19.8 Å². The minimum Gasteiger partial charge on any atom is -0.327 e. The molecule has 1 fully saturated rings. The Morgan fingerprint density at radius 1 is 1.27 bits per heavy atom. The Morgan fingerprint density at radius 2 is 1.93 bits per heavy atom. The Kier molecular flexibility index (Phi) is 2.87. The largest absolute Gasteiger partial charge is 0.327 e. The van der Waals surface area contributed by atoms with Gasteiger partial charge in [-0.1, -0.05) is 36.2 Å². The second-order valence-electron chi connectivity index (χ2n) is 4.43. The van der Waals surface area contributed by atoms with Crippen LogP contribution >= 0.6 is 0 Å². The van der Waals surface area contributed by atoms with Crippen molar-refractivity contribution in [1.29, 1.82) is 0 Å².